The number of aromatic hydroxyl groups is 1. The maximum atomic E-state index is 13.7. The molecule has 0 bridgehead atoms. The second kappa shape index (κ2) is 10.9. The van der Waals surface area contributed by atoms with Crippen molar-refractivity contribution in [2.45, 2.75) is 39.8 Å². The van der Waals surface area contributed by atoms with Crippen molar-refractivity contribution in [2.24, 2.45) is 4.99 Å². The van der Waals surface area contributed by atoms with Gasteiger partial charge in [0.1, 0.15) is 11.5 Å². The van der Waals surface area contributed by atoms with Gasteiger partial charge in [-0.2, -0.15) is 0 Å². The molecule has 0 unspecified atom stereocenters. The summed E-state index contributed by atoms with van der Waals surface area (Å²) in [6.45, 7) is 7.74. The second-order valence-electron chi connectivity index (χ2n) is 8.36. The van der Waals surface area contributed by atoms with E-state index in [0.717, 1.165) is 10.0 Å². The largest absolute Gasteiger partial charge is 0.506 e. The van der Waals surface area contributed by atoms with Gasteiger partial charge in [0.25, 0.3) is 5.56 Å². The summed E-state index contributed by atoms with van der Waals surface area (Å²) in [6, 6.07) is 10.1. The number of hydrogen-bond donors (Lipinski definition) is 1. The van der Waals surface area contributed by atoms with E-state index in [1.807, 2.05) is 53.8 Å². The van der Waals surface area contributed by atoms with E-state index in [-0.39, 0.29) is 17.4 Å². The number of phenols is 1. The van der Waals surface area contributed by atoms with Crippen LogP contribution in [0.5, 0.6) is 11.5 Å². The third-order valence-electron chi connectivity index (χ3n) is 5.44. The van der Waals surface area contributed by atoms with Crippen molar-refractivity contribution in [3.05, 3.63) is 86.5 Å². The summed E-state index contributed by atoms with van der Waals surface area (Å²) in [5, 5.41) is 10.5. The lowest BCUT2D eigenvalue weighted by molar-refractivity contribution is -0.143. The highest BCUT2D eigenvalue weighted by Gasteiger charge is 2.33. The Morgan fingerprint density at radius 2 is 2.00 bits per heavy atom. The minimum atomic E-state index is -0.721. The van der Waals surface area contributed by atoms with E-state index in [1.54, 1.807) is 39.0 Å². The van der Waals surface area contributed by atoms with Crippen LogP contribution in [0, 0.1) is 3.57 Å². The average Bonchev–Trinajstić information content (AvgIpc) is 3.11. The van der Waals surface area contributed by atoms with Gasteiger partial charge in [-0.1, -0.05) is 39.4 Å². The Balaban J connectivity index is 1.94. The van der Waals surface area contributed by atoms with Crippen LogP contribution in [0.2, 0.25) is 0 Å². The van der Waals surface area contributed by atoms with Crippen LogP contribution in [0.15, 0.2) is 61.9 Å². The molecule has 3 aromatic rings. The van der Waals surface area contributed by atoms with E-state index in [9.17, 15) is 14.7 Å². The lowest BCUT2D eigenvalue weighted by atomic mass is 9.96. The molecule has 0 saturated heterocycles. The standard InChI is InChI=1S/C26H24BrIN2O5S/c1-5-34-18-8-6-15(7-9-18)22-21(25(33)35-13(2)3)14(4)29-26-30(22)24(32)20(36-26)11-16-10-17(27)12-19(28)23(16)31/h6-13,22,31H,5H2,1-4H3/b20-11+/t22-/m0/s1. The monoisotopic (exact) mass is 682 g/mol. The van der Waals surface area contributed by atoms with E-state index >= 15 is 0 Å². The first kappa shape index (κ1) is 26.6. The van der Waals surface area contributed by atoms with Gasteiger partial charge in [0.2, 0.25) is 0 Å². The normalized spacial score (nSPS) is 15.6. The predicted octanol–water partition coefficient (Wildman–Crippen LogP) is 4.66. The molecule has 2 aromatic carbocycles. The number of carbonyl (C=O) groups excluding carboxylic acids is 1. The molecule has 10 heteroatoms. The Kier molecular flexibility index (Phi) is 8.06. The van der Waals surface area contributed by atoms with Gasteiger partial charge < -0.3 is 14.6 Å². The summed E-state index contributed by atoms with van der Waals surface area (Å²) >= 11 is 6.69. The molecule has 0 radical (unpaired) electrons. The maximum absolute atomic E-state index is 13.7. The maximum Gasteiger partial charge on any atom is 0.338 e. The third-order valence-corrected chi connectivity index (χ3v) is 7.70. The van der Waals surface area contributed by atoms with Crippen LogP contribution < -0.4 is 19.6 Å². The summed E-state index contributed by atoms with van der Waals surface area (Å²) in [6.07, 6.45) is 1.32. The third kappa shape index (κ3) is 5.30. The van der Waals surface area contributed by atoms with Gasteiger partial charge in [-0.25, -0.2) is 9.79 Å². The SMILES string of the molecule is CCOc1ccc([C@H]2C(C(=O)OC(C)C)=C(C)N=c3s/c(=C/c4cc(Br)cc(I)c4O)c(=O)n32)cc1. The fourth-order valence-electron chi connectivity index (χ4n) is 3.93. The molecule has 1 aliphatic heterocycles. The average molecular weight is 683 g/mol. The minimum absolute atomic E-state index is 0.0880. The fourth-order valence-corrected chi connectivity index (χ4v) is 6.51. The van der Waals surface area contributed by atoms with Crippen LogP contribution in [-0.4, -0.2) is 28.4 Å². The number of halogens is 2. The van der Waals surface area contributed by atoms with Gasteiger partial charge in [-0.05, 0) is 86.2 Å². The van der Waals surface area contributed by atoms with Gasteiger partial charge in [-0.15, -0.1) is 0 Å². The second-order valence-corrected chi connectivity index (χ2v) is 11.5. The molecule has 1 atom stereocenters. The number of nitrogens with zero attached hydrogens (tertiary/aromatic N) is 2. The number of fused-ring (bicyclic) bond motifs is 1. The van der Waals surface area contributed by atoms with Crippen LogP contribution >= 0.6 is 49.9 Å². The van der Waals surface area contributed by atoms with Crippen molar-refractivity contribution in [1.29, 1.82) is 0 Å². The molecule has 4 rings (SSSR count). The minimum Gasteiger partial charge on any atom is -0.506 e. The van der Waals surface area contributed by atoms with Crippen LogP contribution in [0.25, 0.3) is 6.08 Å². The van der Waals surface area contributed by atoms with Crippen LogP contribution in [0.1, 0.15) is 44.9 Å². The van der Waals surface area contributed by atoms with E-state index in [0.29, 0.717) is 42.1 Å². The predicted molar refractivity (Wildman–Crippen MR) is 151 cm³/mol. The number of hydrogen-bond acceptors (Lipinski definition) is 7. The van der Waals surface area contributed by atoms with E-state index in [1.165, 1.54) is 15.9 Å². The molecule has 0 aliphatic carbocycles. The molecular formula is C26H24BrIN2O5S. The zero-order valence-corrected chi connectivity index (χ0v) is 24.6. The van der Waals surface area contributed by atoms with E-state index in [2.05, 4.69) is 20.9 Å². The summed E-state index contributed by atoms with van der Waals surface area (Å²) in [4.78, 5) is 32.0. The van der Waals surface area contributed by atoms with Gasteiger partial charge >= 0.3 is 5.97 Å². The van der Waals surface area contributed by atoms with Gasteiger partial charge in [-0.3, -0.25) is 9.36 Å². The molecule has 1 aliphatic rings. The Morgan fingerprint density at radius 1 is 1.31 bits per heavy atom. The molecule has 2 heterocycles. The smallest absolute Gasteiger partial charge is 0.338 e. The molecule has 7 nitrogen and oxygen atoms in total. The molecule has 0 saturated carbocycles. The topological polar surface area (TPSA) is 90.1 Å². The van der Waals surface area contributed by atoms with E-state index < -0.39 is 12.0 Å². The van der Waals surface area contributed by atoms with Crippen LogP contribution in [0.4, 0.5) is 0 Å². The number of ether oxygens (including phenoxy) is 2. The van der Waals surface area contributed by atoms with Crippen molar-refractivity contribution in [1.82, 2.24) is 4.57 Å². The molecule has 1 aromatic heterocycles. The zero-order valence-electron chi connectivity index (χ0n) is 20.0. The van der Waals surface area contributed by atoms with Gasteiger partial charge in [0.05, 0.1) is 38.1 Å². The molecule has 188 valence electrons. The Morgan fingerprint density at radius 3 is 2.64 bits per heavy atom. The molecular weight excluding hydrogens is 659 g/mol. The number of thiazole rings is 1. The molecule has 36 heavy (non-hydrogen) atoms. The molecule has 0 spiro atoms. The van der Waals surface area contributed by atoms with E-state index in [4.69, 9.17) is 9.47 Å². The Labute approximate surface area is 234 Å². The number of benzene rings is 2. The first-order valence-electron chi connectivity index (χ1n) is 11.2. The fraction of sp³-hybridized carbons (Fsp3) is 0.269. The highest BCUT2D eigenvalue weighted by atomic mass is 127. The number of rotatable bonds is 6. The molecule has 1 N–H and O–H groups in total. The Bertz CT molecular complexity index is 1540. The Hall–Kier alpha value is -2.44. The summed E-state index contributed by atoms with van der Waals surface area (Å²) in [5.74, 6) is 0.268. The zero-order chi connectivity index (χ0) is 26.1. The summed E-state index contributed by atoms with van der Waals surface area (Å²) in [7, 11) is 0. The number of esters is 1. The molecule has 0 fully saturated rings. The van der Waals surface area contributed by atoms with Crippen molar-refractivity contribution in [3.63, 3.8) is 0 Å². The van der Waals surface area contributed by atoms with Crippen molar-refractivity contribution in [2.75, 3.05) is 6.61 Å². The van der Waals surface area contributed by atoms with Crippen molar-refractivity contribution in [3.8, 4) is 11.5 Å². The molecule has 0 amide bonds. The number of carbonyl (C=O) groups is 1. The lowest BCUT2D eigenvalue weighted by Crippen LogP contribution is -2.40. The first-order valence-corrected chi connectivity index (χ1v) is 13.9. The van der Waals surface area contributed by atoms with Crippen LogP contribution in [0.3, 0.4) is 0 Å². The quantitative estimate of drug-likeness (QED) is 0.302. The van der Waals surface area contributed by atoms with Crippen molar-refractivity contribution >= 4 is 61.9 Å². The highest BCUT2D eigenvalue weighted by Crippen LogP contribution is 2.32. The van der Waals surface area contributed by atoms with Gasteiger partial charge in [0.15, 0.2) is 4.80 Å². The van der Waals surface area contributed by atoms with Crippen LogP contribution in [-0.2, 0) is 9.53 Å². The van der Waals surface area contributed by atoms with Crippen molar-refractivity contribution < 1.29 is 19.4 Å². The number of allylic oxidation sites excluding steroid dienone is 1. The summed E-state index contributed by atoms with van der Waals surface area (Å²) < 4.78 is 14.5. The first-order chi connectivity index (χ1) is 17.1. The van der Waals surface area contributed by atoms with Gasteiger partial charge in [0, 0.05) is 10.0 Å². The summed E-state index contributed by atoms with van der Waals surface area (Å²) in [5.41, 5.74) is 1.73. The highest BCUT2D eigenvalue weighted by molar-refractivity contribution is 14.1. The number of aromatic nitrogens is 1. The number of phenolic OH excluding ortho intramolecular Hbond substituents is 1. The lowest BCUT2D eigenvalue weighted by Gasteiger charge is -2.25.